The third-order valence-electron chi connectivity index (χ3n) is 4.26. The van der Waals surface area contributed by atoms with Crippen molar-refractivity contribution in [3.05, 3.63) is 11.6 Å². The summed E-state index contributed by atoms with van der Waals surface area (Å²) in [7, 11) is 1.93. The molecule has 0 aliphatic carbocycles. The van der Waals surface area contributed by atoms with Crippen molar-refractivity contribution in [3.63, 3.8) is 0 Å². The van der Waals surface area contributed by atoms with Crippen LogP contribution in [-0.4, -0.2) is 51.5 Å². The zero-order valence-electron chi connectivity index (χ0n) is 19.1. The van der Waals surface area contributed by atoms with Crippen molar-refractivity contribution in [1.82, 2.24) is 30.7 Å². The van der Waals surface area contributed by atoms with E-state index < -0.39 is 11.7 Å². The van der Waals surface area contributed by atoms with Gasteiger partial charge in [0, 0.05) is 26.2 Å². The number of guanidine groups is 1. The first-order chi connectivity index (χ1) is 13.7. The Morgan fingerprint density at radius 3 is 2.48 bits per heavy atom. The summed E-state index contributed by atoms with van der Waals surface area (Å²) in [6.07, 6.45) is 3.55. The molecule has 1 aromatic rings. The molecule has 1 rings (SSSR count). The van der Waals surface area contributed by atoms with Crippen LogP contribution in [0.5, 0.6) is 0 Å². The molecule has 0 aromatic carbocycles. The molecular weight excluding hydrogens is 370 g/mol. The Hall–Kier alpha value is -2.32. The van der Waals surface area contributed by atoms with Crippen LogP contribution in [0.3, 0.4) is 0 Å². The molecule has 0 saturated carbocycles. The molecule has 1 atom stereocenters. The molecule has 166 valence electrons. The molecule has 0 spiro atoms. The second kappa shape index (κ2) is 12.3. The number of aliphatic imine (C=N–C) groups is 1. The second-order valence-corrected chi connectivity index (χ2v) is 8.18. The Morgan fingerprint density at radius 2 is 1.93 bits per heavy atom. The molecule has 0 bridgehead atoms. The van der Waals surface area contributed by atoms with Crippen LogP contribution in [0.25, 0.3) is 0 Å². The van der Waals surface area contributed by atoms with Gasteiger partial charge in [0.25, 0.3) is 0 Å². The number of alkyl carbamates (subject to hydrolysis) is 1. The second-order valence-electron chi connectivity index (χ2n) is 8.18. The average Bonchev–Trinajstić information content (AvgIpc) is 2.94. The lowest BCUT2D eigenvalue weighted by atomic mass is 10.1. The molecule has 0 aliphatic rings. The van der Waals surface area contributed by atoms with Crippen LogP contribution in [0, 0.1) is 6.92 Å². The summed E-state index contributed by atoms with van der Waals surface area (Å²) < 4.78 is 7.31. The number of nitrogens with one attached hydrogen (secondary N) is 3. The third-order valence-corrected chi connectivity index (χ3v) is 4.26. The number of carbonyl (C=O) groups excluding carboxylic acids is 1. The van der Waals surface area contributed by atoms with Crippen molar-refractivity contribution in [2.24, 2.45) is 12.0 Å². The number of rotatable bonds is 10. The smallest absolute Gasteiger partial charge is 0.407 e. The van der Waals surface area contributed by atoms with Gasteiger partial charge in [0.2, 0.25) is 0 Å². The van der Waals surface area contributed by atoms with Gasteiger partial charge in [-0.15, -0.1) is 10.2 Å². The lowest BCUT2D eigenvalue weighted by molar-refractivity contribution is 0.0502. The summed E-state index contributed by atoms with van der Waals surface area (Å²) in [6, 6.07) is -0.0508. The van der Waals surface area contributed by atoms with Crippen LogP contribution in [0.2, 0.25) is 0 Å². The quantitative estimate of drug-likeness (QED) is 0.312. The van der Waals surface area contributed by atoms with E-state index in [-0.39, 0.29) is 6.04 Å². The van der Waals surface area contributed by atoms with E-state index in [1.807, 2.05) is 39.3 Å². The highest BCUT2D eigenvalue weighted by atomic mass is 16.6. The van der Waals surface area contributed by atoms with E-state index in [2.05, 4.69) is 45.0 Å². The minimum atomic E-state index is -0.517. The van der Waals surface area contributed by atoms with Crippen molar-refractivity contribution in [2.45, 2.75) is 85.4 Å². The van der Waals surface area contributed by atoms with Crippen LogP contribution >= 0.6 is 0 Å². The van der Waals surface area contributed by atoms with Gasteiger partial charge >= 0.3 is 6.09 Å². The van der Waals surface area contributed by atoms with Gasteiger partial charge in [0.05, 0.1) is 0 Å². The fraction of sp³-hybridized carbons (Fsp3) is 0.800. The maximum Gasteiger partial charge on any atom is 0.407 e. The molecule has 1 heterocycles. The Bertz CT molecular complexity index is 650. The maximum atomic E-state index is 12.1. The molecule has 0 fully saturated rings. The number of nitrogens with zero attached hydrogens (tertiary/aromatic N) is 4. The van der Waals surface area contributed by atoms with Gasteiger partial charge in [-0.1, -0.05) is 26.7 Å². The molecule has 3 N–H and O–H groups in total. The van der Waals surface area contributed by atoms with Crippen molar-refractivity contribution >= 4 is 12.1 Å². The first kappa shape index (κ1) is 24.7. The highest BCUT2D eigenvalue weighted by Crippen LogP contribution is 2.07. The predicted octanol–water partition coefficient (Wildman–Crippen LogP) is 2.65. The lowest BCUT2D eigenvalue weighted by Crippen LogP contribution is -2.48. The zero-order valence-corrected chi connectivity index (χ0v) is 19.1. The van der Waals surface area contributed by atoms with Crippen molar-refractivity contribution in [3.8, 4) is 0 Å². The first-order valence-corrected chi connectivity index (χ1v) is 10.5. The van der Waals surface area contributed by atoms with Gasteiger partial charge in [0.1, 0.15) is 18.0 Å². The molecule has 1 unspecified atom stereocenters. The number of aromatic nitrogens is 3. The Balaban J connectivity index is 2.72. The SMILES string of the molecule is CCCCNC(=NCc1nnc(C)n1C)NCC(CCC)NC(=O)OC(C)(C)C. The largest absolute Gasteiger partial charge is 0.444 e. The maximum absolute atomic E-state index is 12.1. The summed E-state index contributed by atoms with van der Waals surface area (Å²) in [4.78, 5) is 16.8. The van der Waals surface area contributed by atoms with E-state index in [0.717, 1.165) is 43.9 Å². The zero-order chi connectivity index (χ0) is 21.9. The van der Waals surface area contributed by atoms with Crippen LogP contribution in [0.15, 0.2) is 4.99 Å². The highest BCUT2D eigenvalue weighted by Gasteiger charge is 2.19. The van der Waals surface area contributed by atoms with Gasteiger partial charge in [-0.25, -0.2) is 9.79 Å². The molecule has 0 saturated heterocycles. The van der Waals surface area contributed by atoms with Gasteiger partial charge in [-0.05, 0) is 40.5 Å². The number of carbonyl (C=O) groups is 1. The predicted molar refractivity (Wildman–Crippen MR) is 116 cm³/mol. The highest BCUT2D eigenvalue weighted by molar-refractivity contribution is 5.79. The number of unbranched alkanes of at least 4 members (excludes halogenated alkanes) is 1. The molecule has 29 heavy (non-hydrogen) atoms. The lowest BCUT2D eigenvalue weighted by Gasteiger charge is -2.24. The fourth-order valence-corrected chi connectivity index (χ4v) is 2.56. The number of amides is 1. The molecule has 0 aliphatic heterocycles. The van der Waals surface area contributed by atoms with Crippen LogP contribution < -0.4 is 16.0 Å². The summed E-state index contributed by atoms with van der Waals surface area (Å²) >= 11 is 0. The number of hydrogen-bond donors (Lipinski definition) is 3. The monoisotopic (exact) mass is 409 g/mol. The Morgan fingerprint density at radius 1 is 1.21 bits per heavy atom. The van der Waals surface area contributed by atoms with E-state index in [9.17, 15) is 4.79 Å². The minimum Gasteiger partial charge on any atom is -0.444 e. The van der Waals surface area contributed by atoms with E-state index in [1.54, 1.807) is 0 Å². The summed E-state index contributed by atoms with van der Waals surface area (Å²) in [6.45, 7) is 13.5. The molecular formula is C20H39N7O2. The van der Waals surface area contributed by atoms with Gasteiger partial charge in [0.15, 0.2) is 11.8 Å². The standard InChI is InChI=1S/C20H39N7O2/c1-8-10-12-21-18(23-14-17-26-25-15(3)27(17)7)22-13-16(11-9-2)24-19(28)29-20(4,5)6/h16H,8-14H2,1-7H3,(H,24,28)(H2,21,22,23). The van der Waals surface area contributed by atoms with Gasteiger partial charge in [-0.3, -0.25) is 0 Å². The number of aryl methyl sites for hydroxylation is 1. The van der Waals surface area contributed by atoms with Crippen LogP contribution in [0.1, 0.15) is 72.0 Å². The Labute approximate surface area is 175 Å². The van der Waals surface area contributed by atoms with Crippen molar-refractivity contribution < 1.29 is 9.53 Å². The van der Waals surface area contributed by atoms with E-state index in [1.165, 1.54) is 0 Å². The molecule has 9 nitrogen and oxygen atoms in total. The van der Waals surface area contributed by atoms with Gasteiger partial charge < -0.3 is 25.3 Å². The normalized spacial score (nSPS) is 13.1. The topological polar surface area (TPSA) is 105 Å². The molecule has 1 amide bonds. The molecule has 1 aromatic heterocycles. The van der Waals surface area contributed by atoms with Crippen LogP contribution in [-0.2, 0) is 18.3 Å². The van der Waals surface area contributed by atoms with E-state index in [4.69, 9.17) is 4.74 Å². The van der Waals surface area contributed by atoms with Crippen LogP contribution in [0.4, 0.5) is 4.79 Å². The fourth-order valence-electron chi connectivity index (χ4n) is 2.56. The Kier molecular flexibility index (Phi) is 10.5. The third kappa shape index (κ3) is 10.1. The number of ether oxygens (including phenoxy) is 1. The summed E-state index contributed by atoms with van der Waals surface area (Å²) in [5.41, 5.74) is -0.517. The van der Waals surface area contributed by atoms with Gasteiger partial charge in [-0.2, -0.15) is 0 Å². The van der Waals surface area contributed by atoms with Crippen molar-refractivity contribution in [1.29, 1.82) is 0 Å². The van der Waals surface area contributed by atoms with Crippen molar-refractivity contribution in [2.75, 3.05) is 13.1 Å². The summed E-state index contributed by atoms with van der Waals surface area (Å²) in [5, 5.41) is 17.9. The van der Waals surface area contributed by atoms with E-state index in [0.29, 0.717) is 19.0 Å². The molecule has 9 heteroatoms. The van der Waals surface area contributed by atoms with E-state index >= 15 is 0 Å². The average molecular weight is 410 g/mol. The first-order valence-electron chi connectivity index (χ1n) is 10.5. The molecule has 0 radical (unpaired) electrons. The minimum absolute atomic E-state index is 0.0508. The number of hydrogen-bond acceptors (Lipinski definition) is 5. The summed E-state index contributed by atoms with van der Waals surface area (Å²) in [5.74, 6) is 2.36.